The number of benzene rings is 1. The van der Waals surface area contributed by atoms with Crippen molar-refractivity contribution in [2.75, 3.05) is 18.5 Å². The van der Waals surface area contributed by atoms with Crippen LogP contribution in [0.25, 0.3) is 0 Å². The number of nitrogens with two attached hydrogens (primary N) is 1. The molecular weight excluding hydrogens is 266 g/mol. The number of carbonyl (C=O) groups excluding carboxylic acids is 1. The van der Waals surface area contributed by atoms with E-state index < -0.39 is 24.5 Å². The molecule has 0 aromatic heterocycles. The Morgan fingerprint density at radius 2 is 2.20 bits per heavy atom. The van der Waals surface area contributed by atoms with Crippen molar-refractivity contribution in [1.29, 1.82) is 0 Å². The molecule has 20 heavy (non-hydrogen) atoms. The Balaban J connectivity index is 2.49. The molecule has 0 spiro atoms. The molecule has 1 amide bonds. The number of nitrogens with zero attached hydrogens (tertiary/aromatic N) is 1. The average Bonchev–Trinajstić information content (AvgIpc) is 2.39. The van der Waals surface area contributed by atoms with Crippen LogP contribution in [0, 0.1) is 4.91 Å². The van der Waals surface area contributed by atoms with Gasteiger partial charge in [-0.1, -0.05) is 11.2 Å². The van der Waals surface area contributed by atoms with E-state index in [1.165, 1.54) is 0 Å². The van der Waals surface area contributed by atoms with E-state index >= 15 is 0 Å². The van der Waals surface area contributed by atoms with Crippen LogP contribution in [0.3, 0.4) is 0 Å². The van der Waals surface area contributed by atoms with Crippen LogP contribution in [0.4, 0.5) is 5.69 Å². The monoisotopic (exact) mass is 281 g/mol. The van der Waals surface area contributed by atoms with Crippen LogP contribution in [0.2, 0.25) is 0 Å². The first kappa shape index (κ1) is 15.6. The van der Waals surface area contributed by atoms with Crippen molar-refractivity contribution in [1.82, 2.24) is 0 Å². The maximum absolute atomic E-state index is 11.2. The predicted molar refractivity (Wildman–Crippen MR) is 71.5 cm³/mol. The zero-order valence-electron chi connectivity index (χ0n) is 10.6. The Kier molecular flexibility index (Phi) is 6.11. The Hall–Kier alpha value is -2.48. The number of amides is 1. The molecule has 8 heteroatoms. The lowest BCUT2D eigenvalue weighted by Gasteiger charge is -2.10. The van der Waals surface area contributed by atoms with Crippen LogP contribution in [0.15, 0.2) is 29.4 Å². The van der Waals surface area contributed by atoms with Gasteiger partial charge in [-0.25, -0.2) is 0 Å². The summed E-state index contributed by atoms with van der Waals surface area (Å²) in [5, 5.41) is 13.6. The van der Waals surface area contributed by atoms with Gasteiger partial charge in [0.15, 0.2) is 6.54 Å². The van der Waals surface area contributed by atoms with Crippen molar-refractivity contribution in [2.24, 2.45) is 10.9 Å². The molecule has 1 aromatic rings. The zero-order chi connectivity index (χ0) is 15.0. The summed E-state index contributed by atoms with van der Waals surface area (Å²) in [5.74, 6) is -1.15. The molecule has 0 fully saturated rings. The normalized spacial score (nSPS) is 11.4. The molecule has 0 aliphatic rings. The maximum Gasteiger partial charge on any atom is 0.320 e. The fourth-order valence-corrected chi connectivity index (χ4v) is 1.35. The van der Waals surface area contributed by atoms with Gasteiger partial charge in [0, 0.05) is 18.2 Å². The smallest absolute Gasteiger partial charge is 0.320 e. The average molecular weight is 281 g/mol. The molecule has 8 nitrogen and oxygen atoms in total. The zero-order valence-corrected chi connectivity index (χ0v) is 10.6. The fraction of sp³-hybridized carbons (Fsp3) is 0.333. The number of carbonyl (C=O) groups is 2. The summed E-state index contributed by atoms with van der Waals surface area (Å²) in [6, 6.07) is 5.50. The molecule has 0 aliphatic carbocycles. The number of carboxylic acids is 1. The summed E-state index contributed by atoms with van der Waals surface area (Å²) in [7, 11) is 0. The van der Waals surface area contributed by atoms with E-state index in [9.17, 15) is 14.5 Å². The van der Waals surface area contributed by atoms with Gasteiger partial charge in [0.25, 0.3) is 0 Å². The largest absolute Gasteiger partial charge is 0.493 e. The topological polar surface area (TPSA) is 131 Å². The third-order valence-electron chi connectivity index (χ3n) is 2.34. The highest BCUT2D eigenvalue weighted by atomic mass is 16.5. The van der Waals surface area contributed by atoms with Gasteiger partial charge in [0.2, 0.25) is 5.91 Å². The van der Waals surface area contributed by atoms with Gasteiger partial charge < -0.3 is 20.9 Å². The van der Waals surface area contributed by atoms with Crippen molar-refractivity contribution in [2.45, 2.75) is 12.5 Å². The van der Waals surface area contributed by atoms with E-state index in [1.54, 1.807) is 24.3 Å². The molecule has 0 saturated heterocycles. The molecular formula is C12H15N3O5. The van der Waals surface area contributed by atoms with Gasteiger partial charge in [-0.05, 0) is 12.1 Å². The minimum absolute atomic E-state index is 0.140. The van der Waals surface area contributed by atoms with E-state index in [0.29, 0.717) is 11.4 Å². The third-order valence-corrected chi connectivity index (χ3v) is 2.34. The minimum Gasteiger partial charge on any atom is -0.493 e. The highest BCUT2D eigenvalue weighted by Crippen LogP contribution is 2.17. The number of nitroso groups, excluding NO2 is 1. The van der Waals surface area contributed by atoms with Gasteiger partial charge in [0.1, 0.15) is 11.8 Å². The molecule has 1 rings (SSSR count). The molecule has 1 unspecified atom stereocenters. The van der Waals surface area contributed by atoms with Gasteiger partial charge in [-0.2, -0.15) is 4.91 Å². The van der Waals surface area contributed by atoms with Crippen molar-refractivity contribution < 1.29 is 19.4 Å². The van der Waals surface area contributed by atoms with Crippen LogP contribution in [0.5, 0.6) is 5.75 Å². The Bertz CT molecular complexity index is 492. The molecule has 0 bridgehead atoms. The second-order valence-corrected chi connectivity index (χ2v) is 3.95. The van der Waals surface area contributed by atoms with E-state index in [2.05, 4.69) is 10.5 Å². The van der Waals surface area contributed by atoms with Crippen molar-refractivity contribution >= 4 is 17.6 Å². The lowest BCUT2D eigenvalue weighted by Crippen LogP contribution is -2.31. The van der Waals surface area contributed by atoms with Gasteiger partial charge in [-0.3, -0.25) is 9.59 Å². The lowest BCUT2D eigenvalue weighted by atomic mass is 10.2. The maximum atomic E-state index is 11.2. The number of hydrogen-bond donors (Lipinski definition) is 3. The highest BCUT2D eigenvalue weighted by Gasteiger charge is 2.11. The van der Waals surface area contributed by atoms with Gasteiger partial charge >= 0.3 is 5.97 Å². The van der Waals surface area contributed by atoms with Gasteiger partial charge in [-0.15, -0.1) is 0 Å². The molecule has 0 heterocycles. The Morgan fingerprint density at radius 1 is 1.45 bits per heavy atom. The first-order chi connectivity index (χ1) is 9.52. The third kappa shape index (κ3) is 5.44. The quantitative estimate of drug-likeness (QED) is 0.597. The summed E-state index contributed by atoms with van der Waals surface area (Å²) in [4.78, 5) is 31.6. The molecule has 1 aromatic carbocycles. The number of ether oxygens (including phenoxy) is 1. The van der Waals surface area contributed by atoms with Crippen LogP contribution in [0.1, 0.15) is 6.42 Å². The van der Waals surface area contributed by atoms with Crippen LogP contribution in [-0.2, 0) is 9.59 Å². The molecule has 1 atom stereocenters. The van der Waals surface area contributed by atoms with E-state index in [1.807, 2.05) is 0 Å². The van der Waals surface area contributed by atoms with Crippen LogP contribution in [-0.4, -0.2) is 36.2 Å². The van der Waals surface area contributed by atoms with Crippen LogP contribution < -0.4 is 15.8 Å². The number of carboxylic acid groups (broad SMARTS) is 1. The van der Waals surface area contributed by atoms with Crippen molar-refractivity contribution in [3.8, 4) is 5.75 Å². The highest BCUT2D eigenvalue weighted by molar-refractivity contribution is 5.92. The standard InChI is InChI=1S/C12H15N3O5/c13-10(12(17)18)4-5-20-9-3-1-2-8(6-9)15-11(16)7-14-19/h1-3,6,10H,4-5,7,13H2,(H,15,16)(H,17,18). The lowest BCUT2D eigenvalue weighted by molar-refractivity contribution is -0.138. The molecule has 0 saturated carbocycles. The first-order valence-corrected chi connectivity index (χ1v) is 5.83. The van der Waals surface area contributed by atoms with Crippen molar-refractivity contribution in [3.05, 3.63) is 29.2 Å². The molecule has 0 radical (unpaired) electrons. The van der Waals surface area contributed by atoms with Crippen LogP contribution >= 0.6 is 0 Å². The molecule has 108 valence electrons. The number of rotatable bonds is 8. The molecule has 4 N–H and O–H groups in total. The van der Waals surface area contributed by atoms with E-state index in [0.717, 1.165) is 0 Å². The SMILES string of the molecule is NC(CCOc1cccc(NC(=O)CN=O)c1)C(=O)O. The summed E-state index contributed by atoms with van der Waals surface area (Å²) in [6.07, 6.45) is 0.168. The summed E-state index contributed by atoms with van der Waals surface area (Å²) < 4.78 is 5.33. The Labute approximate surface area is 114 Å². The summed E-state index contributed by atoms with van der Waals surface area (Å²) >= 11 is 0. The number of aliphatic carboxylic acids is 1. The summed E-state index contributed by atoms with van der Waals surface area (Å²) in [6.45, 7) is -0.320. The summed E-state index contributed by atoms with van der Waals surface area (Å²) in [5.41, 5.74) is 5.79. The van der Waals surface area contributed by atoms with Crippen molar-refractivity contribution in [3.63, 3.8) is 0 Å². The number of nitrogens with one attached hydrogen (secondary N) is 1. The first-order valence-electron chi connectivity index (χ1n) is 5.83. The van der Waals surface area contributed by atoms with E-state index in [4.69, 9.17) is 15.6 Å². The number of hydrogen-bond acceptors (Lipinski definition) is 6. The number of anilines is 1. The second-order valence-electron chi connectivity index (χ2n) is 3.95. The fourth-order valence-electron chi connectivity index (χ4n) is 1.35. The predicted octanol–water partition coefficient (Wildman–Crippen LogP) is 0.572. The van der Waals surface area contributed by atoms with E-state index in [-0.39, 0.29) is 13.0 Å². The van der Waals surface area contributed by atoms with Gasteiger partial charge in [0.05, 0.1) is 6.61 Å². The second kappa shape index (κ2) is 7.85. The minimum atomic E-state index is -1.09. The molecule has 0 aliphatic heterocycles. The Morgan fingerprint density at radius 3 is 2.85 bits per heavy atom.